The summed E-state index contributed by atoms with van der Waals surface area (Å²) in [4.78, 5) is 13.0. The van der Waals surface area contributed by atoms with Crippen molar-refractivity contribution in [1.29, 1.82) is 5.26 Å². The van der Waals surface area contributed by atoms with Crippen LogP contribution >= 0.6 is 11.3 Å². The maximum atomic E-state index is 13.2. The number of rotatable bonds is 4. The second-order valence-electron chi connectivity index (χ2n) is 4.11. The van der Waals surface area contributed by atoms with Gasteiger partial charge in [0.15, 0.2) is 5.78 Å². The Bertz CT molecular complexity index is 642. The molecule has 0 fully saturated rings. The van der Waals surface area contributed by atoms with E-state index in [1.165, 1.54) is 29.5 Å². The van der Waals surface area contributed by atoms with E-state index in [0.717, 1.165) is 12.0 Å². The molecule has 2 rings (SSSR count). The lowest BCUT2D eigenvalue weighted by molar-refractivity contribution is 0.0982. The summed E-state index contributed by atoms with van der Waals surface area (Å²) in [6.45, 7) is 1.96. The second-order valence-corrected chi connectivity index (χ2v) is 5.03. The highest BCUT2D eigenvalue weighted by Crippen LogP contribution is 2.26. The van der Waals surface area contributed by atoms with E-state index < -0.39 is 11.7 Å². The monoisotopic (exact) mass is 273 g/mol. The van der Waals surface area contributed by atoms with Crippen molar-refractivity contribution in [2.24, 2.45) is 0 Å². The molecule has 0 bridgehead atoms. The summed E-state index contributed by atoms with van der Waals surface area (Å²) in [5, 5.41) is 11.1. The summed E-state index contributed by atoms with van der Waals surface area (Å²) in [5.41, 5.74) is 1.34. The normalized spacial score (nSPS) is 11.8. The lowest BCUT2D eigenvalue weighted by atomic mass is 9.93. The summed E-state index contributed by atoms with van der Waals surface area (Å²) < 4.78 is 13.2. The molecular formula is C15H12FNOS. The van der Waals surface area contributed by atoms with Crippen LogP contribution in [0.3, 0.4) is 0 Å². The smallest absolute Gasteiger partial charge is 0.194 e. The van der Waals surface area contributed by atoms with E-state index in [0.29, 0.717) is 10.4 Å². The first-order valence-electron chi connectivity index (χ1n) is 5.93. The Kier molecular flexibility index (Phi) is 4.08. The van der Waals surface area contributed by atoms with Crippen LogP contribution in [0.15, 0.2) is 35.7 Å². The molecule has 19 heavy (non-hydrogen) atoms. The molecule has 2 aromatic rings. The molecule has 0 aliphatic rings. The standard InChI is InChI=1S/C15H12FNOS/c1-2-10-6-7-19-15(10)14(18)13(9-17)11-4-3-5-12(16)8-11/h3-8,13H,2H2,1H3. The minimum Gasteiger partial charge on any atom is -0.291 e. The van der Waals surface area contributed by atoms with Gasteiger partial charge in [0.2, 0.25) is 0 Å². The molecule has 2 nitrogen and oxygen atoms in total. The average molecular weight is 273 g/mol. The Morgan fingerprint density at radius 1 is 1.47 bits per heavy atom. The molecule has 1 aromatic heterocycles. The second kappa shape index (κ2) is 5.77. The van der Waals surface area contributed by atoms with Gasteiger partial charge in [-0.25, -0.2) is 4.39 Å². The molecule has 0 saturated heterocycles. The molecule has 1 heterocycles. The molecule has 0 N–H and O–H groups in total. The summed E-state index contributed by atoms with van der Waals surface area (Å²) in [6, 6.07) is 9.52. The van der Waals surface area contributed by atoms with Gasteiger partial charge >= 0.3 is 0 Å². The lowest BCUT2D eigenvalue weighted by Gasteiger charge is -2.08. The Morgan fingerprint density at radius 3 is 2.89 bits per heavy atom. The summed E-state index contributed by atoms with van der Waals surface area (Å²) in [6.07, 6.45) is 0.742. The minimum atomic E-state index is -0.945. The number of aryl methyl sites for hydroxylation is 1. The van der Waals surface area contributed by atoms with Crippen molar-refractivity contribution >= 4 is 17.1 Å². The molecule has 0 radical (unpaired) electrons. The highest BCUT2D eigenvalue weighted by molar-refractivity contribution is 7.12. The van der Waals surface area contributed by atoms with E-state index in [4.69, 9.17) is 0 Å². The highest BCUT2D eigenvalue weighted by atomic mass is 32.1. The Morgan fingerprint density at radius 2 is 2.26 bits per heavy atom. The molecule has 1 unspecified atom stereocenters. The third-order valence-corrected chi connectivity index (χ3v) is 3.90. The van der Waals surface area contributed by atoms with Crippen molar-refractivity contribution in [3.63, 3.8) is 0 Å². The molecule has 96 valence electrons. The molecule has 0 aliphatic carbocycles. The quantitative estimate of drug-likeness (QED) is 0.792. The number of thiophene rings is 1. The molecule has 4 heteroatoms. The topological polar surface area (TPSA) is 40.9 Å². The van der Waals surface area contributed by atoms with Gasteiger partial charge in [-0.05, 0) is 41.1 Å². The van der Waals surface area contributed by atoms with E-state index in [2.05, 4.69) is 0 Å². The lowest BCUT2D eigenvalue weighted by Crippen LogP contribution is -2.11. The SMILES string of the molecule is CCc1ccsc1C(=O)C(C#N)c1cccc(F)c1. The molecule has 0 aliphatic heterocycles. The zero-order chi connectivity index (χ0) is 13.8. The maximum Gasteiger partial charge on any atom is 0.194 e. The predicted molar refractivity (Wildman–Crippen MR) is 72.8 cm³/mol. The molecule has 1 aromatic carbocycles. The minimum absolute atomic E-state index is 0.250. The zero-order valence-electron chi connectivity index (χ0n) is 10.4. The van der Waals surface area contributed by atoms with Gasteiger partial charge in [0.05, 0.1) is 10.9 Å². The molecule has 0 amide bonds. The van der Waals surface area contributed by atoms with Gasteiger partial charge < -0.3 is 0 Å². The van der Waals surface area contributed by atoms with E-state index in [1.54, 1.807) is 6.07 Å². The Hall–Kier alpha value is -1.99. The van der Waals surface area contributed by atoms with Crippen LogP contribution in [0.2, 0.25) is 0 Å². The van der Waals surface area contributed by atoms with Gasteiger partial charge in [0.1, 0.15) is 11.7 Å². The predicted octanol–water partition coefficient (Wildman–Crippen LogP) is 3.94. The van der Waals surface area contributed by atoms with Crippen molar-refractivity contribution in [2.45, 2.75) is 19.3 Å². The highest BCUT2D eigenvalue weighted by Gasteiger charge is 2.24. The van der Waals surface area contributed by atoms with Crippen LogP contribution < -0.4 is 0 Å². The van der Waals surface area contributed by atoms with Crippen molar-refractivity contribution < 1.29 is 9.18 Å². The summed E-state index contributed by atoms with van der Waals surface area (Å²) in [7, 11) is 0. The largest absolute Gasteiger partial charge is 0.291 e. The van der Waals surface area contributed by atoms with Crippen LogP contribution in [0.25, 0.3) is 0 Å². The first-order valence-corrected chi connectivity index (χ1v) is 6.81. The molecule has 0 spiro atoms. The molecular weight excluding hydrogens is 261 g/mol. The Balaban J connectivity index is 2.38. The van der Waals surface area contributed by atoms with Crippen LogP contribution in [-0.4, -0.2) is 5.78 Å². The number of nitriles is 1. The van der Waals surface area contributed by atoms with Crippen molar-refractivity contribution in [2.75, 3.05) is 0 Å². The van der Waals surface area contributed by atoms with Gasteiger partial charge in [-0.3, -0.25) is 4.79 Å². The van der Waals surface area contributed by atoms with Gasteiger partial charge in [-0.1, -0.05) is 19.1 Å². The van der Waals surface area contributed by atoms with Crippen LogP contribution in [0, 0.1) is 17.1 Å². The third kappa shape index (κ3) is 2.72. The number of Topliss-reactive ketones (excluding diaryl/α,β-unsaturated/α-hetero) is 1. The van der Waals surface area contributed by atoms with Gasteiger partial charge in [-0.15, -0.1) is 11.3 Å². The van der Waals surface area contributed by atoms with Crippen LogP contribution in [0.1, 0.15) is 33.6 Å². The van der Waals surface area contributed by atoms with Gasteiger partial charge in [-0.2, -0.15) is 5.26 Å². The molecule has 1 atom stereocenters. The van der Waals surface area contributed by atoms with Crippen LogP contribution in [0.5, 0.6) is 0 Å². The molecule has 0 saturated carbocycles. The number of halogens is 1. The third-order valence-electron chi connectivity index (χ3n) is 2.92. The van der Waals surface area contributed by atoms with Gasteiger partial charge in [0.25, 0.3) is 0 Å². The van der Waals surface area contributed by atoms with Crippen LogP contribution in [-0.2, 0) is 6.42 Å². The van der Waals surface area contributed by atoms with Crippen LogP contribution in [0.4, 0.5) is 4.39 Å². The summed E-state index contributed by atoms with van der Waals surface area (Å²) in [5.74, 6) is -1.63. The number of carbonyl (C=O) groups excluding carboxylic acids is 1. The van der Waals surface area contributed by atoms with Crippen molar-refractivity contribution in [3.05, 3.63) is 57.5 Å². The van der Waals surface area contributed by atoms with Crippen molar-refractivity contribution in [3.8, 4) is 6.07 Å². The van der Waals surface area contributed by atoms with E-state index in [1.807, 2.05) is 24.4 Å². The first-order chi connectivity index (χ1) is 9.17. The zero-order valence-corrected chi connectivity index (χ0v) is 11.2. The fourth-order valence-corrected chi connectivity index (χ4v) is 2.90. The fourth-order valence-electron chi connectivity index (χ4n) is 1.93. The number of ketones is 1. The van der Waals surface area contributed by atoms with E-state index in [9.17, 15) is 14.4 Å². The number of nitrogens with zero attached hydrogens (tertiary/aromatic N) is 1. The van der Waals surface area contributed by atoms with Gasteiger partial charge in [0, 0.05) is 0 Å². The Labute approximate surface area is 115 Å². The average Bonchev–Trinajstić information content (AvgIpc) is 2.87. The number of carbonyl (C=O) groups is 1. The number of hydrogen-bond donors (Lipinski definition) is 0. The van der Waals surface area contributed by atoms with E-state index >= 15 is 0 Å². The number of hydrogen-bond acceptors (Lipinski definition) is 3. The van der Waals surface area contributed by atoms with E-state index in [-0.39, 0.29) is 5.78 Å². The maximum absolute atomic E-state index is 13.2. The summed E-state index contributed by atoms with van der Waals surface area (Å²) >= 11 is 1.33. The number of benzene rings is 1. The fraction of sp³-hybridized carbons (Fsp3) is 0.200. The van der Waals surface area contributed by atoms with Crippen molar-refractivity contribution in [1.82, 2.24) is 0 Å². The first kappa shape index (κ1) is 13.4.